The molecule has 5 nitrogen and oxygen atoms in total. The van der Waals surface area contributed by atoms with Crippen LogP contribution < -0.4 is 0 Å². The predicted molar refractivity (Wildman–Crippen MR) is 106 cm³/mol. The highest BCUT2D eigenvalue weighted by atomic mass is 19.4. The fraction of sp³-hybridized carbons (Fsp3) is 0.571. The molecule has 3 rings (SSSR count). The highest BCUT2D eigenvalue weighted by Gasteiger charge is 2.39. The lowest BCUT2D eigenvalue weighted by atomic mass is 9.91. The first-order valence-electron chi connectivity index (χ1n) is 10.3. The van der Waals surface area contributed by atoms with Crippen molar-refractivity contribution in [2.75, 3.05) is 0 Å². The molecule has 8 heteroatoms. The Bertz CT molecular complexity index is 778. The molecule has 2 aromatic rings. The van der Waals surface area contributed by atoms with Crippen LogP contribution in [0.2, 0.25) is 0 Å². The second-order valence-corrected chi connectivity index (χ2v) is 6.79. The zero-order valence-electron chi connectivity index (χ0n) is 17.4. The minimum Gasteiger partial charge on any atom is -0.333 e. The van der Waals surface area contributed by atoms with E-state index in [1.165, 1.54) is 24.5 Å². The van der Waals surface area contributed by atoms with Crippen molar-refractivity contribution in [2.24, 2.45) is 0 Å². The van der Waals surface area contributed by atoms with Gasteiger partial charge in [0.15, 0.2) is 0 Å². The second kappa shape index (κ2) is 9.89. The molecule has 0 bridgehead atoms. The van der Waals surface area contributed by atoms with E-state index in [2.05, 4.69) is 10.2 Å². The molecular weight excluding hydrogens is 381 g/mol. The Morgan fingerprint density at radius 2 is 1.62 bits per heavy atom. The summed E-state index contributed by atoms with van der Waals surface area (Å²) in [4.78, 5) is 16.1. The lowest BCUT2D eigenvalue weighted by Gasteiger charge is -2.42. The summed E-state index contributed by atoms with van der Waals surface area (Å²) in [7, 11) is 0. The summed E-state index contributed by atoms with van der Waals surface area (Å²) in [5, 5.41) is 7.72. The summed E-state index contributed by atoms with van der Waals surface area (Å²) < 4.78 is 40.9. The van der Waals surface area contributed by atoms with Gasteiger partial charge in [-0.3, -0.25) is 4.79 Å². The van der Waals surface area contributed by atoms with Gasteiger partial charge >= 0.3 is 6.18 Å². The van der Waals surface area contributed by atoms with E-state index in [1.54, 1.807) is 4.90 Å². The summed E-state index contributed by atoms with van der Waals surface area (Å²) in [5.74, 6) is -0.383. The number of hydrogen-bond donors (Lipinski definition) is 0. The lowest BCUT2D eigenvalue weighted by molar-refractivity contribution is -0.137. The number of benzene rings is 1. The maximum absolute atomic E-state index is 13.6. The van der Waals surface area contributed by atoms with E-state index >= 15 is 0 Å². The Morgan fingerprint density at radius 3 is 2.10 bits per heavy atom. The first-order valence-corrected chi connectivity index (χ1v) is 10.3. The number of piperidine rings is 1. The van der Waals surface area contributed by atoms with Crippen LogP contribution in [0.1, 0.15) is 75.7 Å². The molecular formula is C21H29F3N4O. The largest absolute Gasteiger partial charge is 0.418 e. The molecule has 1 aromatic carbocycles. The van der Waals surface area contributed by atoms with Gasteiger partial charge in [0.2, 0.25) is 0 Å². The Morgan fingerprint density at radius 1 is 1.07 bits per heavy atom. The molecule has 2 atom stereocenters. The van der Waals surface area contributed by atoms with E-state index in [0.717, 1.165) is 43.0 Å². The normalized spacial score (nSPS) is 19.5. The molecule has 2 heterocycles. The van der Waals surface area contributed by atoms with E-state index in [-0.39, 0.29) is 29.2 Å². The van der Waals surface area contributed by atoms with Gasteiger partial charge < -0.3 is 4.90 Å². The van der Waals surface area contributed by atoms with Crippen molar-refractivity contribution >= 4 is 5.91 Å². The van der Waals surface area contributed by atoms with E-state index in [1.807, 2.05) is 27.7 Å². The summed E-state index contributed by atoms with van der Waals surface area (Å²) in [5.41, 5.74) is -1.24. The fourth-order valence-electron chi connectivity index (χ4n) is 3.93. The maximum atomic E-state index is 13.6. The predicted octanol–water partition coefficient (Wildman–Crippen LogP) is 5.50. The number of para-hydroxylation sites is 1. The first-order chi connectivity index (χ1) is 13.9. The Kier molecular flexibility index (Phi) is 7.81. The maximum Gasteiger partial charge on any atom is 0.418 e. The number of halogens is 3. The third-order valence-corrected chi connectivity index (χ3v) is 5.23. The molecule has 0 aliphatic carbocycles. The van der Waals surface area contributed by atoms with Crippen molar-refractivity contribution in [1.29, 1.82) is 0 Å². The second-order valence-electron chi connectivity index (χ2n) is 6.79. The van der Waals surface area contributed by atoms with Crippen molar-refractivity contribution < 1.29 is 18.0 Å². The molecule has 1 aliphatic heterocycles. The zero-order valence-corrected chi connectivity index (χ0v) is 17.4. The van der Waals surface area contributed by atoms with Gasteiger partial charge in [0, 0.05) is 12.1 Å². The van der Waals surface area contributed by atoms with E-state index in [0.29, 0.717) is 0 Å². The van der Waals surface area contributed by atoms with Crippen molar-refractivity contribution in [1.82, 2.24) is 19.9 Å². The molecule has 29 heavy (non-hydrogen) atoms. The van der Waals surface area contributed by atoms with Crippen molar-refractivity contribution in [3.8, 4) is 5.69 Å². The number of likely N-dealkylation sites (tertiary alicyclic amines) is 1. The highest BCUT2D eigenvalue weighted by Crippen LogP contribution is 2.37. The Labute approximate surface area is 169 Å². The molecule has 0 radical (unpaired) electrons. The van der Waals surface area contributed by atoms with Crippen LogP contribution >= 0.6 is 0 Å². The number of amides is 1. The average Bonchev–Trinajstić information content (AvgIpc) is 3.27. The monoisotopic (exact) mass is 410 g/mol. The lowest BCUT2D eigenvalue weighted by Crippen LogP contribution is -2.50. The van der Waals surface area contributed by atoms with Crippen LogP contribution in [-0.4, -0.2) is 37.9 Å². The van der Waals surface area contributed by atoms with Gasteiger partial charge in [0.05, 0.1) is 23.5 Å². The van der Waals surface area contributed by atoms with Gasteiger partial charge in [-0.15, -0.1) is 0 Å². The summed E-state index contributed by atoms with van der Waals surface area (Å²) >= 11 is 0. The number of carbonyl (C=O) groups is 1. The molecule has 0 saturated carbocycles. The van der Waals surface area contributed by atoms with Crippen LogP contribution in [0.25, 0.3) is 5.69 Å². The van der Waals surface area contributed by atoms with Gasteiger partial charge in [0.1, 0.15) is 5.69 Å². The van der Waals surface area contributed by atoms with Crippen LogP contribution in [0, 0.1) is 0 Å². The first kappa shape index (κ1) is 22.9. The Balaban J connectivity index is 0.00000145. The summed E-state index contributed by atoms with van der Waals surface area (Å²) in [6.45, 7) is 8.01. The average molecular weight is 410 g/mol. The quantitative estimate of drug-likeness (QED) is 0.669. The fourth-order valence-corrected chi connectivity index (χ4v) is 3.93. The van der Waals surface area contributed by atoms with Crippen molar-refractivity contribution in [3.63, 3.8) is 0 Å². The number of alkyl halides is 3. The molecule has 1 aliphatic rings. The van der Waals surface area contributed by atoms with Crippen LogP contribution in [-0.2, 0) is 6.18 Å². The van der Waals surface area contributed by atoms with E-state index < -0.39 is 11.7 Å². The molecule has 1 saturated heterocycles. The topological polar surface area (TPSA) is 51.0 Å². The molecule has 0 spiro atoms. The number of rotatable bonds is 4. The molecule has 0 N–H and O–H groups in total. The van der Waals surface area contributed by atoms with Crippen LogP contribution in [0.4, 0.5) is 13.2 Å². The number of aromatic nitrogens is 3. The van der Waals surface area contributed by atoms with Crippen LogP contribution in [0.15, 0.2) is 30.6 Å². The molecule has 1 aromatic heterocycles. The zero-order chi connectivity index (χ0) is 21.6. The smallest absolute Gasteiger partial charge is 0.333 e. The number of hydrogen-bond acceptors (Lipinski definition) is 3. The highest BCUT2D eigenvalue weighted by molar-refractivity contribution is 5.98. The Hall–Kier alpha value is -2.38. The molecule has 1 fully saturated rings. The van der Waals surface area contributed by atoms with Crippen molar-refractivity contribution in [3.05, 3.63) is 41.7 Å². The van der Waals surface area contributed by atoms with Gasteiger partial charge in [-0.2, -0.15) is 28.2 Å². The van der Waals surface area contributed by atoms with Gasteiger partial charge in [-0.1, -0.05) is 33.8 Å². The van der Waals surface area contributed by atoms with Crippen LogP contribution in [0.5, 0.6) is 0 Å². The summed E-state index contributed by atoms with van der Waals surface area (Å²) in [6, 6.07) is 3.73. The van der Waals surface area contributed by atoms with E-state index in [9.17, 15) is 18.0 Å². The van der Waals surface area contributed by atoms with Gasteiger partial charge in [-0.05, 0) is 44.2 Å². The number of nitrogens with zero attached hydrogens (tertiary/aromatic N) is 4. The summed E-state index contributed by atoms with van der Waals surface area (Å²) in [6.07, 6.45) is 2.29. The minimum absolute atomic E-state index is 0.0141. The SMILES string of the molecule is CC.CCC1CCCC(CC)N1C(=O)c1cccc(C(F)(F)F)c1-n1nccn1. The third kappa shape index (κ3) is 4.79. The van der Waals surface area contributed by atoms with Crippen molar-refractivity contribution in [2.45, 2.75) is 78.1 Å². The molecule has 160 valence electrons. The van der Waals surface area contributed by atoms with Gasteiger partial charge in [-0.25, -0.2) is 0 Å². The number of carbonyl (C=O) groups excluding carboxylic acids is 1. The molecule has 2 unspecified atom stereocenters. The minimum atomic E-state index is -4.62. The third-order valence-electron chi connectivity index (χ3n) is 5.23. The van der Waals surface area contributed by atoms with Crippen LogP contribution in [0.3, 0.4) is 0 Å². The standard InChI is InChI=1S/C19H23F3N4O.C2H6/c1-3-13-7-5-8-14(4-2)25(13)18(27)15-9-6-10-16(19(20,21)22)17(15)26-23-11-12-24-26;1-2/h6,9-14H,3-5,7-8H2,1-2H3;1-2H3. The molecule has 1 amide bonds. The van der Waals surface area contributed by atoms with E-state index in [4.69, 9.17) is 0 Å². The van der Waals surface area contributed by atoms with Gasteiger partial charge in [0.25, 0.3) is 5.91 Å².